The molecule has 0 N–H and O–H groups in total. The van der Waals surface area contributed by atoms with Crippen molar-refractivity contribution in [1.29, 1.82) is 21.0 Å². The first-order chi connectivity index (χ1) is 71.0. The zero-order valence-electron chi connectivity index (χ0n) is 87.1. The molecule has 0 amide bonds. The summed E-state index contributed by atoms with van der Waals surface area (Å²) in [7, 11) is 8.68. The van der Waals surface area contributed by atoms with Crippen LogP contribution in [0.5, 0.6) is 0 Å². The van der Waals surface area contributed by atoms with Crippen molar-refractivity contribution in [2.45, 2.75) is 216 Å². The van der Waals surface area contributed by atoms with Gasteiger partial charge in [0.2, 0.25) is 22.8 Å². The molecular weight excluding hydrogens is 1790 g/mol. The molecule has 8 heterocycles. The topological polar surface area (TPSA) is 163 Å². The fraction of sp³-hybridized carbons (Fsp3) is 0.284. The first-order valence-electron chi connectivity index (χ1n) is 52.8. The smallest absolute Gasteiger partial charge is 0.216 e. The molecule has 4 saturated carbocycles. The van der Waals surface area contributed by atoms with Gasteiger partial charge in [0.25, 0.3) is 0 Å². The highest BCUT2D eigenvalue weighted by atomic mass is 16.3. The highest BCUT2D eigenvalue weighted by molar-refractivity contribution is 6.19. The molecule has 0 spiro atoms. The Balaban J connectivity index is 0.000000114. The van der Waals surface area contributed by atoms with Gasteiger partial charge in [-0.15, -0.1) is 0 Å². The van der Waals surface area contributed by atoms with Gasteiger partial charge in [-0.3, -0.25) is 0 Å². The van der Waals surface area contributed by atoms with E-state index in [4.69, 9.17) is 17.7 Å². The molecule has 4 aliphatic rings. The van der Waals surface area contributed by atoms with Gasteiger partial charge in [-0.05, 0) is 233 Å². The van der Waals surface area contributed by atoms with Crippen LogP contribution < -0.4 is 18.3 Å². The molecule has 12 heteroatoms. The lowest BCUT2D eigenvalue weighted by Crippen LogP contribution is -2.37. The number of aryl methyl sites for hydroxylation is 5. The second kappa shape index (κ2) is 40.5. The minimum atomic E-state index is 0.623. The van der Waals surface area contributed by atoms with Gasteiger partial charge in [0, 0.05) is 140 Å². The molecule has 0 radical (unpaired) electrons. The fourth-order valence-corrected chi connectivity index (χ4v) is 25.2. The molecule has 724 valence electrons. The molecule has 0 aliphatic heterocycles. The van der Waals surface area contributed by atoms with Crippen LogP contribution in [0, 0.1) is 127 Å². The van der Waals surface area contributed by atoms with Crippen LogP contribution in [0.1, 0.15) is 240 Å². The van der Waals surface area contributed by atoms with Gasteiger partial charge < -0.3 is 17.7 Å². The Bertz CT molecular complexity index is 8760. The van der Waals surface area contributed by atoms with Crippen molar-refractivity contribution >= 4 is 87.8 Å². The second-order valence-electron chi connectivity index (χ2n) is 42.0. The first-order valence-corrected chi connectivity index (χ1v) is 52.8. The molecule has 4 fully saturated rings. The minimum Gasteiger partial charge on any atom is -0.454 e. The summed E-state index contributed by atoms with van der Waals surface area (Å²) in [6.45, 7) is 24.4. The molecule has 0 bridgehead atoms. The number of fused-ring (bicyclic) bond motifs is 12. The molecule has 12 aromatic carbocycles. The van der Waals surface area contributed by atoms with Gasteiger partial charge in [0.15, 0.2) is 22.8 Å². The number of rotatable bonds is 13. The van der Waals surface area contributed by atoms with Crippen LogP contribution in [0.15, 0.2) is 266 Å². The SMILES string of the molecule is Cc1cc(-c2c(C)ccc3c2oc2c(-c4ccccc4)ccc(C#N)c23)[n+](C)c(C)c1C1CCCC1.Cc1ccc2c(oc3c(-c4ccccc4)ccc(C#N)c32)c1-c1cc(C2CCCC2)c(C)c(C)[n+]1C.Cc1ccc2c(oc3c(-c4ccccc4)ccc(C#N)c32)c1-c1cc(C2CCCCC2)c(C)c(C)[n+]1C.Cc1ccc2c(oc3c(-c4ccccc4)ccc(C#N)c32)c1-c1ccc(CC2CCCCC2)c(C)[n+]1C. The summed E-state index contributed by atoms with van der Waals surface area (Å²) < 4.78 is 36.3. The van der Waals surface area contributed by atoms with E-state index in [1.807, 2.05) is 121 Å². The number of hydrogen-bond donors (Lipinski definition) is 0. The Morgan fingerprint density at radius 1 is 0.260 bits per heavy atom. The van der Waals surface area contributed by atoms with Crippen molar-refractivity contribution in [3.63, 3.8) is 0 Å². The summed E-state index contributed by atoms with van der Waals surface area (Å²) in [6, 6.07) is 95.4. The average Bonchev–Trinajstić information content (AvgIpc) is 1.58. The molecular formula is C134H128N8O4+4. The van der Waals surface area contributed by atoms with E-state index in [1.165, 1.54) is 217 Å². The van der Waals surface area contributed by atoms with E-state index < -0.39 is 0 Å². The van der Waals surface area contributed by atoms with Crippen molar-refractivity contribution < 1.29 is 35.9 Å². The van der Waals surface area contributed by atoms with Crippen molar-refractivity contribution in [2.24, 2.45) is 34.1 Å². The van der Waals surface area contributed by atoms with Gasteiger partial charge in [-0.2, -0.15) is 39.3 Å². The van der Waals surface area contributed by atoms with Gasteiger partial charge in [-0.1, -0.05) is 247 Å². The van der Waals surface area contributed by atoms with E-state index in [2.05, 4.69) is 274 Å². The molecule has 0 unspecified atom stereocenters. The zero-order chi connectivity index (χ0) is 101. The van der Waals surface area contributed by atoms with E-state index >= 15 is 0 Å². The van der Waals surface area contributed by atoms with Crippen LogP contribution in [0.4, 0.5) is 0 Å². The molecule has 146 heavy (non-hydrogen) atoms. The van der Waals surface area contributed by atoms with Crippen molar-refractivity contribution in [3.8, 4) is 114 Å². The fourth-order valence-electron chi connectivity index (χ4n) is 25.2. The predicted molar refractivity (Wildman–Crippen MR) is 593 cm³/mol. The summed E-state index contributed by atoms with van der Waals surface area (Å²) in [5.74, 6) is 2.73. The number of hydrogen-bond acceptors (Lipinski definition) is 8. The first kappa shape index (κ1) is 96.5. The van der Waals surface area contributed by atoms with Gasteiger partial charge in [0.1, 0.15) is 72.9 Å². The Morgan fingerprint density at radius 2 is 0.541 bits per heavy atom. The molecule has 20 aromatic rings. The number of aromatic nitrogens is 4. The van der Waals surface area contributed by atoms with Gasteiger partial charge >= 0.3 is 0 Å². The van der Waals surface area contributed by atoms with Crippen LogP contribution >= 0.6 is 0 Å². The third kappa shape index (κ3) is 17.3. The predicted octanol–water partition coefficient (Wildman–Crippen LogP) is 33.3. The van der Waals surface area contributed by atoms with E-state index in [9.17, 15) is 21.0 Å². The Morgan fingerprint density at radius 3 is 0.863 bits per heavy atom. The van der Waals surface area contributed by atoms with E-state index in [-0.39, 0.29) is 0 Å². The van der Waals surface area contributed by atoms with Crippen LogP contribution in [0.2, 0.25) is 0 Å². The Kier molecular flexibility index (Phi) is 26.8. The lowest BCUT2D eigenvalue weighted by atomic mass is 9.81. The third-order valence-electron chi connectivity index (χ3n) is 33.7. The highest BCUT2D eigenvalue weighted by Gasteiger charge is 2.36. The highest BCUT2D eigenvalue weighted by Crippen LogP contribution is 2.51. The number of pyridine rings is 4. The van der Waals surface area contributed by atoms with Crippen molar-refractivity contribution in [3.05, 3.63) is 355 Å². The number of furan rings is 4. The third-order valence-corrected chi connectivity index (χ3v) is 33.7. The Labute approximate surface area is 857 Å². The molecule has 12 nitrogen and oxygen atoms in total. The monoisotopic (exact) mass is 1910 g/mol. The molecule has 0 atom stereocenters. The Hall–Kier alpha value is -15.6. The van der Waals surface area contributed by atoms with Gasteiger partial charge in [-0.25, -0.2) is 0 Å². The quantitative estimate of drug-likeness (QED) is 0.103. The molecule has 8 aromatic heterocycles. The van der Waals surface area contributed by atoms with Crippen molar-refractivity contribution in [2.75, 3.05) is 0 Å². The normalized spacial score (nSPS) is 14.2. The maximum Gasteiger partial charge on any atom is 0.216 e. The van der Waals surface area contributed by atoms with Crippen LogP contribution in [0.3, 0.4) is 0 Å². The largest absolute Gasteiger partial charge is 0.454 e. The number of nitrogens with zero attached hydrogens (tertiary/aromatic N) is 8. The summed E-state index contributed by atoms with van der Waals surface area (Å²) in [4.78, 5) is 0. The van der Waals surface area contributed by atoms with Crippen LogP contribution in [-0.2, 0) is 34.6 Å². The van der Waals surface area contributed by atoms with E-state index in [1.54, 1.807) is 0 Å². The zero-order valence-corrected chi connectivity index (χ0v) is 87.1. The lowest BCUT2D eigenvalue weighted by Gasteiger charge is -2.24. The number of nitriles is 4. The van der Waals surface area contributed by atoms with Gasteiger partial charge in [0.05, 0.1) is 68.8 Å². The van der Waals surface area contributed by atoms with E-state index in [0.717, 1.165) is 172 Å². The summed E-state index contributed by atoms with van der Waals surface area (Å²) >= 11 is 0. The minimum absolute atomic E-state index is 0.623. The molecule has 24 rings (SSSR count). The summed E-state index contributed by atoms with van der Waals surface area (Å²) in [5.41, 5.74) is 46.7. The van der Waals surface area contributed by atoms with Crippen LogP contribution in [0.25, 0.3) is 177 Å². The van der Waals surface area contributed by atoms with E-state index in [0.29, 0.717) is 40.0 Å². The van der Waals surface area contributed by atoms with Crippen LogP contribution in [-0.4, -0.2) is 0 Å². The maximum atomic E-state index is 10.0. The maximum absolute atomic E-state index is 10.0. The lowest BCUT2D eigenvalue weighted by molar-refractivity contribution is -0.667. The van der Waals surface area contributed by atoms with Crippen molar-refractivity contribution in [1.82, 2.24) is 0 Å². The molecule has 4 aliphatic carbocycles. The standard InChI is InChI=1S/2C34H33N2O.2C33H31N2O/c1-21-15-17-28-32-26(20-35)16-18-27(24-11-7-5-8-12-24)33(32)37-34(28)31(21)30-19-29(22(2)23(3)36(30)4)25-13-9-6-10-14-25;1-22-14-17-29-32-27(21-35)15-18-28(25-12-8-5-9-13-25)33(32)37-34(29)31(22)30-19-16-26(23(2)36(30)3)20-24-10-6-4-7-11-24;1-20-14-16-27-31-25(19-34)15-17-26(23-10-6-5-7-11-23)32(31)36-33(27)30(20)29-18-28(24-12-8-9-13-24)21(2)22(3)35(29)4;1-20-14-16-27-31-25(19-34)15-17-26(23-10-6-5-7-11-23)32(31)36-33(27)30(20)28-18-21(2)29(22(3)35(28)4)24-12-8-9-13-24/h5,7-8,11-12,15-19,25H,6,9-10,13-14H2,1-4H3;5,8-9,12-19,24H,4,6-7,10-11,20H2,1-3H3;2*5-7,10-11,14-18,24H,8-9,12-13H2,1-4H3/q4*+1. The second-order valence-corrected chi connectivity index (χ2v) is 42.0. The summed E-state index contributed by atoms with van der Waals surface area (Å²) in [5, 5.41) is 47.5. The average molecular weight is 1910 g/mol. The molecule has 0 saturated heterocycles. The number of benzene rings is 12. The summed E-state index contributed by atoms with van der Waals surface area (Å²) in [6.07, 6.45) is 25.0.